The van der Waals surface area contributed by atoms with Crippen LogP contribution in [0.5, 0.6) is 0 Å². The molecule has 0 saturated carbocycles. The van der Waals surface area contributed by atoms with E-state index in [0.717, 1.165) is 17.7 Å². The van der Waals surface area contributed by atoms with Gasteiger partial charge in [0, 0.05) is 12.1 Å². The van der Waals surface area contributed by atoms with Crippen LogP contribution in [0.3, 0.4) is 0 Å². The summed E-state index contributed by atoms with van der Waals surface area (Å²) in [5.74, 6) is -1.19. The number of amides is 2. The lowest BCUT2D eigenvalue weighted by molar-refractivity contribution is -0.140. The van der Waals surface area contributed by atoms with Crippen molar-refractivity contribution in [3.63, 3.8) is 0 Å². The Balaban J connectivity index is 2.10. The molecule has 0 bridgehead atoms. The van der Waals surface area contributed by atoms with Gasteiger partial charge in [-0.15, -0.1) is 0 Å². The second-order valence-electron chi connectivity index (χ2n) is 11.0. The van der Waals surface area contributed by atoms with Crippen molar-refractivity contribution >= 4 is 39.1 Å². The third-order valence-electron chi connectivity index (χ3n) is 6.52. The summed E-state index contributed by atoms with van der Waals surface area (Å²) in [6.45, 7) is 6.31. The molecule has 3 rings (SSSR count). The average molecular weight is 638 g/mol. The van der Waals surface area contributed by atoms with E-state index in [-0.39, 0.29) is 17.9 Å². The molecule has 12 heteroatoms. The van der Waals surface area contributed by atoms with E-state index in [4.69, 9.17) is 11.6 Å². The second kappa shape index (κ2) is 13.8. The van der Waals surface area contributed by atoms with Gasteiger partial charge in [-0.1, -0.05) is 67.1 Å². The van der Waals surface area contributed by atoms with E-state index in [1.165, 1.54) is 29.2 Å². The maximum Gasteiger partial charge on any atom is 0.417 e. The number of nitrogens with one attached hydrogen (secondary N) is 1. The zero-order valence-electron chi connectivity index (χ0n) is 24.4. The van der Waals surface area contributed by atoms with Gasteiger partial charge in [0.1, 0.15) is 12.6 Å². The molecule has 0 unspecified atom stereocenters. The summed E-state index contributed by atoms with van der Waals surface area (Å²) in [5.41, 5.74) is -1.38. The first kappa shape index (κ1) is 33.9. The highest BCUT2D eigenvalue weighted by molar-refractivity contribution is 7.92. The lowest BCUT2D eigenvalue weighted by Gasteiger charge is -2.35. The average Bonchev–Trinajstić information content (AvgIpc) is 2.93. The van der Waals surface area contributed by atoms with Gasteiger partial charge >= 0.3 is 6.18 Å². The van der Waals surface area contributed by atoms with Crippen LogP contribution in [0.1, 0.15) is 45.2 Å². The molecule has 0 aliphatic carbocycles. The van der Waals surface area contributed by atoms with E-state index in [1.54, 1.807) is 33.8 Å². The Bertz CT molecular complexity index is 1510. The van der Waals surface area contributed by atoms with Crippen molar-refractivity contribution < 1.29 is 31.2 Å². The summed E-state index contributed by atoms with van der Waals surface area (Å²) in [6.07, 6.45) is -4.30. The number of carbonyl (C=O) groups excluding carboxylic acids is 2. The Morgan fingerprint density at radius 2 is 1.51 bits per heavy atom. The van der Waals surface area contributed by atoms with Crippen LogP contribution in [-0.4, -0.2) is 49.8 Å². The molecule has 232 valence electrons. The Morgan fingerprint density at radius 1 is 0.930 bits per heavy atom. The molecular weight excluding hydrogens is 603 g/mol. The van der Waals surface area contributed by atoms with Crippen LogP contribution >= 0.6 is 11.6 Å². The van der Waals surface area contributed by atoms with Gasteiger partial charge in [-0.2, -0.15) is 13.2 Å². The van der Waals surface area contributed by atoms with Crippen LogP contribution in [-0.2, 0) is 32.2 Å². The number of sulfonamides is 1. The van der Waals surface area contributed by atoms with E-state index in [9.17, 15) is 31.2 Å². The Hall–Kier alpha value is -3.57. The minimum absolute atomic E-state index is 0.0621. The monoisotopic (exact) mass is 637 g/mol. The Kier molecular flexibility index (Phi) is 10.9. The van der Waals surface area contributed by atoms with Crippen molar-refractivity contribution in [2.24, 2.45) is 0 Å². The largest absolute Gasteiger partial charge is 0.417 e. The highest BCUT2D eigenvalue weighted by Gasteiger charge is 2.37. The van der Waals surface area contributed by atoms with Crippen LogP contribution in [0, 0.1) is 0 Å². The minimum Gasteiger partial charge on any atom is -0.350 e. The molecule has 7 nitrogen and oxygen atoms in total. The van der Waals surface area contributed by atoms with Crippen molar-refractivity contribution in [1.82, 2.24) is 10.2 Å². The maximum atomic E-state index is 14.0. The SMILES string of the molecule is CC[C@@H](C(=O)NC(C)(C)C)N(CCc1ccccc1)C(=O)CN(c1ccc(Cl)c(C(F)(F)F)c1)S(=O)(=O)c1ccccc1. The molecule has 0 aliphatic heterocycles. The van der Waals surface area contributed by atoms with Crippen LogP contribution in [0.25, 0.3) is 0 Å². The van der Waals surface area contributed by atoms with E-state index >= 15 is 0 Å². The van der Waals surface area contributed by atoms with Gasteiger partial charge in [-0.3, -0.25) is 13.9 Å². The highest BCUT2D eigenvalue weighted by atomic mass is 35.5. The van der Waals surface area contributed by atoms with Gasteiger partial charge in [0.25, 0.3) is 10.0 Å². The number of rotatable bonds is 11. The molecule has 0 heterocycles. The van der Waals surface area contributed by atoms with Gasteiger partial charge in [0.2, 0.25) is 11.8 Å². The molecule has 0 aromatic heterocycles. The fraction of sp³-hybridized carbons (Fsp3) is 0.355. The molecule has 3 aromatic carbocycles. The predicted molar refractivity (Wildman–Crippen MR) is 161 cm³/mol. The normalized spacial score (nSPS) is 12.8. The highest BCUT2D eigenvalue weighted by Crippen LogP contribution is 2.38. The van der Waals surface area contributed by atoms with Gasteiger partial charge in [0.05, 0.1) is 21.2 Å². The molecule has 43 heavy (non-hydrogen) atoms. The lowest BCUT2D eigenvalue weighted by Crippen LogP contribution is -2.56. The molecular formula is C31H35ClF3N3O4S. The number of hydrogen-bond acceptors (Lipinski definition) is 4. The van der Waals surface area contributed by atoms with Crippen LogP contribution in [0.15, 0.2) is 83.8 Å². The van der Waals surface area contributed by atoms with Crippen molar-refractivity contribution in [3.05, 3.63) is 95.0 Å². The van der Waals surface area contributed by atoms with Gasteiger partial charge in [-0.25, -0.2) is 8.42 Å². The molecule has 0 radical (unpaired) electrons. The second-order valence-corrected chi connectivity index (χ2v) is 13.2. The Morgan fingerprint density at radius 3 is 2.05 bits per heavy atom. The van der Waals surface area contributed by atoms with E-state index in [2.05, 4.69) is 5.32 Å². The molecule has 1 N–H and O–H groups in total. The van der Waals surface area contributed by atoms with E-state index in [0.29, 0.717) is 16.8 Å². The van der Waals surface area contributed by atoms with Crippen LogP contribution < -0.4 is 9.62 Å². The van der Waals surface area contributed by atoms with E-state index in [1.807, 2.05) is 30.3 Å². The van der Waals surface area contributed by atoms with Crippen molar-refractivity contribution in [2.75, 3.05) is 17.4 Å². The number of hydrogen-bond donors (Lipinski definition) is 1. The number of benzene rings is 3. The number of alkyl halides is 3. The van der Waals surface area contributed by atoms with Crippen molar-refractivity contribution in [1.29, 1.82) is 0 Å². The van der Waals surface area contributed by atoms with Gasteiger partial charge in [-0.05, 0) is 69.5 Å². The standard InChI is InChI=1S/C31H35ClF3N3O4S/c1-5-27(29(40)36-30(2,3)4)37(19-18-22-12-8-6-9-13-22)28(39)21-38(43(41,42)24-14-10-7-11-15-24)23-16-17-26(32)25(20-23)31(33,34)35/h6-17,20,27H,5,18-19,21H2,1-4H3,(H,36,40)/t27-/m0/s1. The molecule has 0 aliphatic rings. The Labute approximate surface area is 255 Å². The summed E-state index contributed by atoms with van der Waals surface area (Å²) in [4.78, 5) is 28.4. The van der Waals surface area contributed by atoms with Crippen LogP contribution in [0.2, 0.25) is 5.02 Å². The summed E-state index contributed by atoms with van der Waals surface area (Å²) in [5, 5.41) is 2.25. The third kappa shape index (κ3) is 8.96. The topological polar surface area (TPSA) is 86.8 Å². The third-order valence-corrected chi connectivity index (χ3v) is 8.64. The summed E-state index contributed by atoms with van der Waals surface area (Å²) < 4.78 is 69.6. The predicted octanol–water partition coefficient (Wildman–Crippen LogP) is 6.32. The zero-order valence-corrected chi connectivity index (χ0v) is 25.9. The molecule has 2 amide bonds. The number of anilines is 1. The molecule has 0 fully saturated rings. The first-order chi connectivity index (χ1) is 20.0. The van der Waals surface area contributed by atoms with E-state index < -0.39 is 62.4 Å². The summed E-state index contributed by atoms with van der Waals surface area (Å²) >= 11 is 5.81. The molecule has 3 aromatic rings. The molecule has 0 saturated heterocycles. The van der Waals surface area contributed by atoms with Crippen molar-refractivity contribution in [3.8, 4) is 0 Å². The molecule has 1 atom stereocenters. The quantitative estimate of drug-likeness (QED) is 0.267. The first-order valence-electron chi connectivity index (χ1n) is 13.6. The lowest BCUT2D eigenvalue weighted by atomic mass is 10.1. The number of carbonyl (C=O) groups is 2. The fourth-order valence-corrected chi connectivity index (χ4v) is 6.13. The van der Waals surface area contributed by atoms with Gasteiger partial charge in [0.15, 0.2) is 0 Å². The zero-order chi connectivity index (χ0) is 32.0. The summed E-state index contributed by atoms with van der Waals surface area (Å²) in [6, 6.07) is 18.0. The fourth-order valence-electron chi connectivity index (χ4n) is 4.48. The first-order valence-corrected chi connectivity index (χ1v) is 15.5. The van der Waals surface area contributed by atoms with Crippen molar-refractivity contribution in [2.45, 2.75) is 63.2 Å². The number of nitrogens with zero attached hydrogens (tertiary/aromatic N) is 2. The molecule has 0 spiro atoms. The smallest absolute Gasteiger partial charge is 0.350 e. The number of halogens is 4. The minimum atomic E-state index is -4.88. The summed E-state index contributed by atoms with van der Waals surface area (Å²) in [7, 11) is -4.53. The van der Waals surface area contributed by atoms with Gasteiger partial charge < -0.3 is 10.2 Å². The maximum absolute atomic E-state index is 14.0. The van der Waals surface area contributed by atoms with Crippen LogP contribution in [0.4, 0.5) is 18.9 Å².